The molecule has 0 spiro atoms. The molecular weight excluding hydrogens is 392 g/mol. The molecular formula is C19H26ClF2N3O3. The van der Waals surface area contributed by atoms with Crippen molar-refractivity contribution in [2.45, 2.75) is 32.4 Å². The summed E-state index contributed by atoms with van der Waals surface area (Å²) in [7, 11) is 0. The van der Waals surface area contributed by atoms with Gasteiger partial charge in [-0.05, 0) is 31.9 Å². The Morgan fingerprint density at radius 3 is 2.64 bits per heavy atom. The fourth-order valence-electron chi connectivity index (χ4n) is 3.77. The summed E-state index contributed by atoms with van der Waals surface area (Å²) in [6.45, 7) is 1.94. The molecule has 2 heterocycles. The molecule has 0 aliphatic carbocycles. The summed E-state index contributed by atoms with van der Waals surface area (Å²) < 4.78 is 29.7. The van der Waals surface area contributed by atoms with E-state index in [-0.39, 0.29) is 47.5 Å². The predicted molar refractivity (Wildman–Crippen MR) is 103 cm³/mol. The number of nitrogens with zero attached hydrogens (tertiary/aromatic N) is 2. The van der Waals surface area contributed by atoms with E-state index < -0.39 is 6.61 Å². The Morgan fingerprint density at radius 2 is 1.93 bits per heavy atom. The zero-order valence-corrected chi connectivity index (χ0v) is 16.6. The molecule has 2 saturated heterocycles. The van der Waals surface area contributed by atoms with E-state index in [1.54, 1.807) is 17.0 Å². The maximum absolute atomic E-state index is 12.9. The number of carbonyl (C=O) groups excluding carboxylic acids is 2. The van der Waals surface area contributed by atoms with Crippen molar-refractivity contribution >= 4 is 24.2 Å². The van der Waals surface area contributed by atoms with E-state index in [1.165, 1.54) is 12.1 Å². The summed E-state index contributed by atoms with van der Waals surface area (Å²) in [5, 5.41) is 3.31. The first-order valence-corrected chi connectivity index (χ1v) is 9.31. The molecule has 6 nitrogen and oxygen atoms in total. The van der Waals surface area contributed by atoms with Crippen LogP contribution in [0.3, 0.4) is 0 Å². The van der Waals surface area contributed by atoms with Gasteiger partial charge in [-0.2, -0.15) is 8.78 Å². The van der Waals surface area contributed by atoms with Crippen LogP contribution in [-0.4, -0.2) is 67.0 Å². The number of para-hydroxylation sites is 1. The van der Waals surface area contributed by atoms with E-state index in [0.717, 1.165) is 13.0 Å². The van der Waals surface area contributed by atoms with Gasteiger partial charge in [0, 0.05) is 38.8 Å². The van der Waals surface area contributed by atoms with Crippen molar-refractivity contribution < 1.29 is 23.1 Å². The Balaban J connectivity index is 0.00000280. The van der Waals surface area contributed by atoms with Gasteiger partial charge in [-0.3, -0.25) is 9.59 Å². The summed E-state index contributed by atoms with van der Waals surface area (Å²) in [4.78, 5) is 29.1. The van der Waals surface area contributed by atoms with Crippen LogP contribution >= 0.6 is 12.4 Å². The van der Waals surface area contributed by atoms with E-state index in [4.69, 9.17) is 0 Å². The third kappa shape index (κ3) is 5.32. The summed E-state index contributed by atoms with van der Waals surface area (Å²) >= 11 is 0. The molecule has 1 aromatic carbocycles. The lowest BCUT2D eigenvalue weighted by atomic mass is 9.95. The lowest BCUT2D eigenvalue weighted by Gasteiger charge is -2.38. The number of alkyl halides is 2. The lowest BCUT2D eigenvalue weighted by Crippen LogP contribution is -2.54. The minimum Gasteiger partial charge on any atom is -0.434 e. The molecule has 1 N–H and O–H groups in total. The monoisotopic (exact) mass is 417 g/mol. The molecule has 2 aliphatic rings. The number of benzene rings is 1. The van der Waals surface area contributed by atoms with Gasteiger partial charge in [0.05, 0.1) is 11.5 Å². The average Bonchev–Trinajstić information content (AvgIpc) is 2.67. The topological polar surface area (TPSA) is 61.9 Å². The second kappa shape index (κ2) is 10.0. The van der Waals surface area contributed by atoms with Crippen LogP contribution in [0.5, 0.6) is 5.75 Å². The van der Waals surface area contributed by atoms with Crippen LogP contribution < -0.4 is 10.1 Å². The smallest absolute Gasteiger partial charge is 0.387 e. The molecule has 2 atom stereocenters. The molecule has 1 aromatic rings. The second-order valence-electron chi connectivity index (χ2n) is 7.10. The number of carbonyl (C=O) groups is 2. The molecule has 0 radical (unpaired) electrons. The highest BCUT2D eigenvalue weighted by Crippen LogP contribution is 2.26. The van der Waals surface area contributed by atoms with Crippen LogP contribution in [0, 0.1) is 5.92 Å². The fourth-order valence-corrected chi connectivity index (χ4v) is 3.77. The van der Waals surface area contributed by atoms with E-state index in [1.807, 2.05) is 11.8 Å². The van der Waals surface area contributed by atoms with E-state index in [0.29, 0.717) is 32.6 Å². The highest BCUT2D eigenvalue weighted by atomic mass is 35.5. The zero-order valence-electron chi connectivity index (χ0n) is 15.8. The molecule has 2 aliphatic heterocycles. The fraction of sp³-hybridized carbons (Fsp3) is 0.579. The van der Waals surface area contributed by atoms with Gasteiger partial charge in [0.2, 0.25) is 5.91 Å². The van der Waals surface area contributed by atoms with Crippen LogP contribution in [0.4, 0.5) is 8.78 Å². The molecule has 156 valence electrons. The first-order valence-electron chi connectivity index (χ1n) is 9.31. The van der Waals surface area contributed by atoms with Crippen molar-refractivity contribution in [3.8, 4) is 5.75 Å². The first kappa shape index (κ1) is 22.4. The van der Waals surface area contributed by atoms with E-state index in [9.17, 15) is 18.4 Å². The SMILES string of the molecule is CC1CN(C(=O)C2CCCN(C(=O)c3ccccc3OC(F)F)C2)CCN1.Cl. The van der Waals surface area contributed by atoms with Crippen LogP contribution in [-0.2, 0) is 4.79 Å². The number of piperidine rings is 1. The molecule has 2 amide bonds. The Labute approximate surface area is 169 Å². The van der Waals surface area contributed by atoms with E-state index >= 15 is 0 Å². The summed E-state index contributed by atoms with van der Waals surface area (Å²) in [6, 6.07) is 6.24. The molecule has 2 fully saturated rings. The third-order valence-electron chi connectivity index (χ3n) is 5.07. The maximum atomic E-state index is 12.9. The first-order chi connectivity index (χ1) is 13.0. The molecule has 0 aromatic heterocycles. The number of piperazine rings is 1. The molecule has 0 saturated carbocycles. The van der Waals surface area contributed by atoms with Crippen molar-refractivity contribution in [1.82, 2.24) is 15.1 Å². The molecule has 2 unspecified atom stereocenters. The van der Waals surface area contributed by atoms with Gasteiger partial charge in [0.25, 0.3) is 5.91 Å². The van der Waals surface area contributed by atoms with Gasteiger partial charge in [-0.25, -0.2) is 0 Å². The average molecular weight is 418 g/mol. The highest BCUT2D eigenvalue weighted by molar-refractivity contribution is 5.97. The summed E-state index contributed by atoms with van der Waals surface area (Å²) in [5.74, 6) is -0.701. The van der Waals surface area contributed by atoms with Crippen molar-refractivity contribution in [2.24, 2.45) is 5.92 Å². The third-order valence-corrected chi connectivity index (χ3v) is 5.07. The summed E-state index contributed by atoms with van der Waals surface area (Å²) in [6.07, 6.45) is 1.44. The Bertz CT molecular complexity index is 692. The normalized spacial score (nSPS) is 22.6. The van der Waals surface area contributed by atoms with Gasteiger partial charge in [-0.1, -0.05) is 12.1 Å². The van der Waals surface area contributed by atoms with Gasteiger partial charge in [-0.15, -0.1) is 12.4 Å². The van der Waals surface area contributed by atoms with Gasteiger partial charge >= 0.3 is 6.61 Å². The minimum absolute atomic E-state index is 0. The lowest BCUT2D eigenvalue weighted by molar-refractivity contribution is -0.138. The number of nitrogens with one attached hydrogen (secondary N) is 1. The number of hydrogen-bond donors (Lipinski definition) is 1. The maximum Gasteiger partial charge on any atom is 0.387 e. The van der Waals surface area contributed by atoms with E-state index in [2.05, 4.69) is 10.1 Å². The quantitative estimate of drug-likeness (QED) is 0.817. The molecule has 0 bridgehead atoms. The second-order valence-corrected chi connectivity index (χ2v) is 7.10. The zero-order chi connectivity index (χ0) is 19.4. The van der Waals surface area contributed by atoms with Gasteiger partial charge in [0.15, 0.2) is 0 Å². The standard InChI is InChI=1S/C19H25F2N3O3.ClH/c1-13-11-24(10-8-22-13)17(25)14-5-4-9-23(12-14)18(26)15-6-2-3-7-16(15)27-19(20)21;/h2-3,6-7,13-14,19,22H,4-5,8-12H2,1H3;1H. The van der Waals surface area contributed by atoms with Gasteiger partial charge < -0.3 is 19.9 Å². The summed E-state index contributed by atoms with van der Waals surface area (Å²) in [5.41, 5.74) is 0.0988. The van der Waals surface area contributed by atoms with Crippen molar-refractivity contribution in [1.29, 1.82) is 0 Å². The largest absolute Gasteiger partial charge is 0.434 e. The Kier molecular flexibility index (Phi) is 8.00. The van der Waals surface area contributed by atoms with Crippen molar-refractivity contribution in [3.63, 3.8) is 0 Å². The number of hydrogen-bond acceptors (Lipinski definition) is 4. The number of halogens is 3. The highest BCUT2D eigenvalue weighted by Gasteiger charge is 2.33. The number of likely N-dealkylation sites (tertiary alicyclic amines) is 1. The Hall–Kier alpha value is -1.93. The van der Waals surface area contributed by atoms with Gasteiger partial charge in [0.1, 0.15) is 5.75 Å². The molecule has 28 heavy (non-hydrogen) atoms. The van der Waals surface area contributed by atoms with Crippen LogP contribution in [0.15, 0.2) is 24.3 Å². The number of rotatable bonds is 4. The van der Waals surface area contributed by atoms with Crippen LogP contribution in [0.25, 0.3) is 0 Å². The number of ether oxygens (including phenoxy) is 1. The van der Waals surface area contributed by atoms with Crippen molar-refractivity contribution in [3.05, 3.63) is 29.8 Å². The Morgan fingerprint density at radius 1 is 1.18 bits per heavy atom. The van der Waals surface area contributed by atoms with Crippen LogP contribution in [0.1, 0.15) is 30.1 Å². The predicted octanol–water partition coefficient (Wildman–Crippen LogP) is 2.38. The number of amides is 2. The van der Waals surface area contributed by atoms with Crippen molar-refractivity contribution in [2.75, 3.05) is 32.7 Å². The minimum atomic E-state index is -3.00. The van der Waals surface area contributed by atoms with Crippen LogP contribution in [0.2, 0.25) is 0 Å². The molecule has 9 heteroatoms. The molecule has 3 rings (SSSR count).